The molecule has 0 aromatic carbocycles. The number of aliphatic hydroxyl groups is 2. The van der Waals surface area contributed by atoms with E-state index in [0.717, 1.165) is 0 Å². The molecular formula is C4H12N2O2Pt. The first-order chi connectivity index (χ1) is 3.83. The van der Waals surface area contributed by atoms with E-state index in [9.17, 15) is 0 Å². The number of rotatable bonds is 2. The van der Waals surface area contributed by atoms with Crippen LogP contribution in [-0.2, 0) is 21.1 Å². The van der Waals surface area contributed by atoms with Gasteiger partial charge in [-0.3, -0.25) is 0 Å². The van der Waals surface area contributed by atoms with Crippen LogP contribution in [0.3, 0.4) is 0 Å². The van der Waals surface area contributed by atoms with Crippen molar-refractivity contribution in [2.24, 2.45) is 0 Å². The van der Waals surface area contributed by atoms with Gasteiger partial charge in [-0.25, -0.2) is 0 Å². The van der Waals surface area contributed by atoms with Crippen LogP contribution in [0.25, 0.3) is 11.5 Å². The fraction of sp³-hybridized carbons (Fsp3) is 1.00. The summed E-state index contributed by atoms with van der Waals surface area (Å²) in [5.74, 6) is 0. The summed E-state index contributed by atoms with van der Waals surface area (Å²) in [6.07, 6.45) is 0. The molecule has 0 saturated heterocycles. The van der Waals surface area contributed by atoms with Gasteiger partial charge in [-0.15, -0.1) is 13.1 Å². The Labute approximate surface area is 69.5 Å². The van der Waals surface area contributed by atoms with Crippen LogP contribution < -0.4 is 0 Å². The molecule has 0 aliphatic heterocycles. The minimum absolute atomic E-state index is 0. The second-order valence-corrected chi connectivity index (χ2v) is 0.947. The van der Waals surface area contributed by atoms with Crippen molar-refractivity contribution in [3.63, 3.8) is 0 Å². The van der Waals surface area contributed by atoms with Gasteiger partial charge in [0.05, 0.1) is 0 Å². The average Bonchev–Trinajstić information content (AvgIpc) is 1.88. The van der Waals surface area contributed by atoms with Gasteiger partial charge in [0.15, 0.2) is 0 Å². The van der Waals surface area contributed by atoms with E-state index in [1.165, 1.54) is 0 Å². The van der Waals surface area contributed by atoms with Crippen molar-refractivity contribution in [1.29, 1.82) is 0 Å². The third-order valence-corrected chi connectivity index (χ3v) is 0.224. The molecule has 0 fully saturated rings. The number of hydrogen-bond donors (Lipinski definition) is 2. The van der Waals surface area contributed by atoms with Crippen LogP contribution in [0.2, 0.25) is 0 Å². The largest absolute Gasteiger partial charge is 2.00 e. The molecule has 0 aliphatic carbocycles. The van der Waals surface area contributed by atoms with Crippen LogP contribution >= 0.6 is 0 Å². The molecule has 0 amide bonds. The second kappa shape index (κ2) is 23.6. The molecule has 0 aliphatic rings. The monoisotopic (exact) mass is 315 g/mol. The first kappa shape index (κ1) is 16.3. The molecule has 0 bridgehead atoms. The van der Waals surface area contributed by atoms with Gasteiger partial charge in [0.1, 0.15) is 0 Å². The van der Waals surface area contributed by atoms with Crippen LogP contribution in [0.4, 0.5) is 0 Å². The Morgan fingerprint density at radius 1 is 0.889 bits per heavy atom. The third kappa shape index (κ3) is 56.9. The molecule has 4 N–H and O–H groups in total. The first-order valence-corrected chi connectivity index (χ1v) is 2.34. The Bertz CT molecular complexity index is 24.5. The van der Waals surface area contributed by atoms with E-state index in [4.69, 9.17) is 21.7 Å². The smallest absolute Gasteiger partial charge is 0.676 e. The Kier molecular flexibility index (Phi) is 42.6. The maximum Gasteiger partial charge on any atom is 2.00 e. The van der Waals surface area contributed by atoms with E-state index in [2.05, 4.69) is 0 Å². The average molecular weight is 315 g/mol. The van der Waals surface area contributed by atoms with Gasteiger partial charge in [0.25, 0.3) is 0 Å². The summed E-state index contributed by atoms with van der Waals surface area (Å²) in [4.78, 5) is 0. The molecule has 0 heterocycles. The van der Waals surface area contributed by atoms with Crippen LogP contribution in [0.15, 0.2) is 0 Å². The van der Waals surface area contributed by atoms with Gasteiger partial charge >= 0.3 is 21.1 Å². The van der Waals surface area contributed by atoms with E-state index in [1.807, 2.05) is 0 Å². The van der Waals surface area contributed by atoms with Gasteiger partial charge in [-0.2, -0.15) is 0 Å². The first-order valence-electron chi connectivity index (χ1n) is 2.34. The molecule has 0 rings (SSSR count). The zero-order chi connectivity index (χ0) is 6.83. The number of hydrogen-bond acceptors (Lipinski definition) is 2. The minimum Gasteiger partial charge on any atom is -0.676 e. The minimum atomic E-state index is -0.0139. The second-order valence-electron chi connectivity index (χ2n) is 0.947. The standard InChI is InChI=1S/2C2H6NO.Pt/c2*3-1-2-4;/h2*3-4H,1-2H2;/q2*-1;+2. The van der Waals surface area contributed by atoms with Crippen LogP contribution in [-0.4, -0.2) is 36.5 Å². The van der Waals surface area contributed by atoms with Gasteiger partial charge < -0.3 is 21.7 Å². The summed E-state index contributed by atoms with van der Waals surface area (Å²) < 4.78 is 0. The number of nitrogens with one attached hydrogen (secondary N) is 2. The maximum atomic E-state index is 7.69. The fourth-order valence-corrected chi connectivity index (χ4v) is 0. The Morgan fingerprint density at radius 3 is 1.00 bits per heavy atom. The van der Waals surface area contributed by atoms with E-state index >= 15 is 0 Å². The SMILES string of the molecule is [NH-]CCO.[NH-]CCO.[Pt+2]. The molecule has 0 saturated carbocycles. The van der Waals surface area contributed by atoms with Crippen molar-refractivity contribution < 1.29 is 31.3 Å². The zero-order valence-corrected chi connectivity index (χ0v) is 7.31. The molecular weight excluding hydrogens is 303 g/mol. The van der Waals surface area contributed by atoms with Crippen molar-refractivity contribution >= 4 is 0 Å². The van der Waals surface area contributed by atoms with Crippen LogP contribution in [0.1, 0.15) is 0 Å². The summed E-state index contributed by atoms with van der Waals surface area (Å²) in [5.41, 5.74) is 12.4. The molecule has 4 nitrogen and oxygen atoms in total. The molecule has 0 atom stereocenters. The fourth-order valence-electron chi connectivity index (χ4n) is 0. The van der Waals surface area contributed by atoms with E-state index in [1.54, 1.807) is 0 Å². The summed E-state index contributed by atoms with van der Waals surface area (Å²) in [6.45, 7) is 0.222. The topological polar surface area (TPSA) is 88.1 Å². The Morgan fingerprint density at radius 2 is 1.00 bits per heavy atom. The van der Waals surface area contributed by atoms with E-state index in [-0.39, 0.29) is 47.4 Å². The summed E-state index contributed by atoms with van der Waals surface area (Å²) in [6, 6.07) is 0. The normalized spacial score (nSPS) is 6.67. The van der Waals surface area contributed by atoms with Crippen molar-refractivity contribution in [3.05, 3.63) is 11.5 Å². The Hall–Kier alpha value is 0.528. The predicted octanol–water partition coefficient (Wildman–Crippen LogP) is 0.0593. The summed E-state index contributed by atoms with van der Waals surface area (Å²) in [5, 5.41) is 15.4. The van der Waals surface area contributed by atoms with Gasteiger partial charge in [0, 0.05) is 13.2 Å². The molecule has 0 aromatic rings. The molecule has 0 radical (unpaired) electrons. The molecule has 0 spiro atoms. The summed E-state index contributed by atoms with van der Waals surface area (Å²) >= 11 is 0. The van der Waals surface area contributed by atoms with Gasteiger partial charge in [-0.1, -0.05) is 0 Å². The van der Waals surface area contributed by atoms with Crippen molar-refractivity contribution in [1.82, 2.24) is 0 Å². The van der Waals surface area contributed by atoms with Crippen LogP contribution in [0.5, 0.6) is 0 Å². The molecule has 60 valence electrons. The maximum absolute atomic E-state index is 7.69. The van der Waals surface area contributed by atoms with Gasteiger partial charge in [-0.05, 0) is 0 Å². The third-order valence-electron chi connectivity index (χ3n) is 0.224. The molecule has 9 heavy (non-hydrogen) atoms. The molecule has 0 aromatic heterocycles. The van der Waals surface area contributed by atoms with Crippen molar-refractivity contribution in [2.45, 2.75) is 0 Å². The van der Waals surface area contributed by atoms with Crippen molar-refractivity contribution in [2.75, 3.05) is 26.3 Å². The van der Waals surface area contributed by atoms with Gasteiger partial charge in [0.2, 0.25) is 0 Å². The van der Waals surface area contributed by atoms with E-state index in [0.29, 0.717) is 0 Å². The van der Waals surface area contributed by atoms with Crippen LogP contribution in [0, 0.1) is 0 Å². The molecule has 0 unspecified atom stereocenters. The Balaban J connectivity index is -0.0000000720. The zero-order valence-electron chi connectivity index (χ0n) is 5.04. The quantitative estimate of drug-likeness (QED) is 0.755. The van der Waals surface area contributed by atoms with E-state index < -0.39 is 0 Å². The molecule has 5 heteroatoms. The number of aliphatic hydroxyl groups excluding tert-OH is 2. The summed E-state index contributed by atoms with van der Waals surface area (Å²) in [7, 11) is 0. The predicted molar refractivity (Wildman–Crippen MR) is 32.5 cm³/mol. The van der Waals surface area contributed by atoms with Crippen molar-refractivity contribution in [3.8, 4) is 0 Å².